The van der Waals surface area contributed by atoms with Crippen LogP contribution in [-0.2, 0) is 0 Å². The first kappa shape index (κ1) is 8.22. The van der Waals surface area contributed by atoms with E-state index in [9.17, 15) is 4.79 Å². The van der Waals surface area contributed by atoms with E-state index >= 15 is 0 Å². The molecule has 0 spiro atoms. The summed E-state index contributed by atoms with van der Waals surface area (Å²) in [5.74, 6) is -0.865. The summed E-state index contributed by atoms with van der Waals surface area (Å²) in [6.07, 6.45) is 0. The van der Waals surface area contributed by atoms with E-state index in [4.69, 9.17) is 5.11 Å². The lowest BCUT2D eigenvalue weighted by Gasteiger charge is -1.96. The quantitative estimate of drug-likeness (QED) is 0.676. The van der Waals surface area contributed by atoms with Gasteiger partial charge < -0.3 is 5.11 Å². The number of benzene rings is 1. The zero-order valence-corrected chi connectivity index (χ0v) is 7.16. The molecule has 0 fully saturated rings. The second-order valence-electron chi connectivity index (χ2n) is 2.13. The Balaban J connectivity index is 2.91. The highest BCUT2D eigenvalue weighted by atomic mass is 31.1. The van der Waals surface area contributed by atoms with Crippen LogP contribution in [-0.4, -0.2) is 17.7 Å². The van der Waals surface area contributed by atoms with Crippen LogP contribution in [0.5, 0.6) is 0 Å². The Bertz CT molecular complexity index is 253. The van der Waals surface area contributed by atoms with Crippen molar-refractivity contribution >= 4 is 19.9 Å². The highest BCUT2D eigenvalue weighted by Gasteiger charge is 1.99. The van der Waals surface area contributed by atoms with Gasteiger partial charge in [0.2, 0.25) is 0 Å². The topological polar surface area (TPSA) is 37.3 Å². The summed E-state index contributed by atoms with van der Waals surface area (Å²) in [5, 5.41) is 9.74. The van der Waals surface area contributed by atoms with Crippen molar-refractivity contribution in [1.82, 2.24) is 0 Å². The van der Waals surface area contributed by atoms with E-state index < -0.39 is 5.97 Å². The Hall–Kier alpha value is -0.880. The van der Waals surface area contributed by atoms with Gasteiger partial charge in [0.05, 0.1) is 5.56 Å². The van der Waals surface area contributed by atoms with Crippen LogP contribution in [0.1, 0.15) is 10.4 Å². The van der Waals surface area contributed by atoms with Crippen LogP contribution in [0.25, 0.3) is 0 Å². The number of hydrogen-bond acceptors (Lipinski definition) is 1. The number of aromatic carboxylic acids is 1. The molecule has 0 radical (unpaired) electrons. The number of carbonyl (C=O) groups is 1. The number of carboxylic acids is 1. The van der Waals surface area contributed by atoms with Gasteiger partial charge in [0.15, 0.2) is 0 Å². The number of hydrogen-bond donors (Lipinski definition) is 1. The lowest BCUT2D eigenvalue weighted by atomic mass is 10.2. The van der Waals surface area contributed by atoms with Crippen molar-refractivity contribution in [2.75, 3.05) is 6.66 Å². The van der Waals surface area contributed by atoms with Crippen LogP contribution < -0.4 is 5.30 Å². The monoisotopic (exact) mass is 168 g/mol. The molecule has 11 heavy (non-hydrogen) atoms. The second-order valence-corrected chi connectivity index (χ2v) is 3.21. The minimum absolute atomic E-state index is 0.354. The van der Waals surface area contributed by atoms with E-state index in [2.05, 4.69) is 6.66 Å². The molecule has 0 saturated heterocycles. The molecule has 0 aliphatic heterocycles. The molecule has 3 heteroatoms. The fourth-order valence-corrected chi connectivity index (χ4v) is 1.28. The first-order chi connectivity index (χ1) is 5.24. The maximum Gasteiger partial charge on any atom is 0.335 e. The van der Waals surface area contributed by atoms with Crippen LogP contribution in [0.2, 0.25) is 0 Å². The average Bonchev–Trinajstić information content (AvgIpc) is 2.05. The number of rotatable bonds is 2. The summed E-state index contributed by atoms with van der Waals surface area (Å²) in [4.78, 5) is 10.4. The smallest absolute Gasteiger partial charge is 0.335 e. The molecule has 0 aliphatic carbocycles. The van der Waals surface area contributed by atoms with Crippen LogP contribution >= 0.6 is 8.58 Å². The summed E-state index contributed by atoms with van der Waals surface area (Å²) in [7, 11) is 0.727. The molecule has 1 aromatic carbocycles. The zero-order valence-electron chi connectivity index (χ0n) is 6.16. The van der Waals surface area contributed by atoms with E-state index in [0.29, 0.717) is 5.56 Å². The molecule has 1 unspecified atom stereocenters. The molecule has 1 N–H and O–H groups in total. The van der Waals surface area contributed by atoms with Gasteiger partial charge in [-0.3, -0.25) is 0 Å². The molecule has 0 aromatic heterocycles. The molecule has 2 nitrogen and oxygen atoms in total. The molecule has 0 aliphatic rings. The molecule has 0 bridgehead atoms. The minimum Gasteiger partial charge on any atom is -0.478 e. The average molecular weight is 168 g/mol. The molecule has 1 atom stereocenters. The van der Waals surface area contributed by atoms with Crippen molar-refractivity contribution < 1.29 is 9.90 Å². The zero-order chi connectivity index (χ0) is 8.27. The largest absolute Gasteiger partial charge is 0.478 e. The van der Waals surface area contributed by atoms with Crippen LogP contribution in [0.3, 0.4) is 0 Å². The van der Waals surface area contributed by atoms with Crippen molar-refractivity contribution in [3.05, 3.63) is 29.8 Å². The molecule has 1 rings (SSSR count). The van der Waals surface area contributed by atoms with Gasteiger partial charge in [-0.15, -0.1) is 0 Å². The second kappa shape index (κ2) is 3.49. The molecular weight excluding hydrogens is 159 g/mol. The van der Waals surface area contributed by atoms with E-state index in [-0.39, 0.29) is 0 Å². The maximum absolute atomic E-state index is 10.4. The van der Waals surface area contributed by atoms with Crippen molar-refractivity contribution in [2.24, 2.45) is 0 Å². The Morgan fingerprint density at radius 1 is 1.36 bits per heavy atom. The highest BCUT2D eigenvalue weighted by Crippen LogP contribution is 2.05. The maximum atomic E-state index is 10.4. The predicted octanol–water partition coefficient (Wildman–Crippen LogP) is 1.32. The molecule has 0 heterocycles. The van der Waals surface area contributed by atoms with Crippen molar-refractivity contribution in [3.8, 4) is 0 Å². The van der Waals surface area contributed by atoms with Gasteiger partial charge >= 0.3 is 5.97 Å². The third-order valence-corrected chi connectivity index (χ3v) is 2.33. The van der Waals surface area contributed by atoms with Gasteiger partial charge in [0, 0.05) is 0 Å². The summed E-state index contributed by atoms with van der Waals surface area (Å²) >= 11 is 0. The molecular formula is C8H9O2P. The fraction of sp³-hybridized carbons (Fsp3) is 0.125. The third-order valence-electron chi connectivity index (χ3n) is 1.42. The normalized spacial score (nSPS) is 10.6. The Labute approximate surface area is 67.0 Å². The third kappa shape index (κ3) is 2.02. The van der Waals surface area contributed by atoms with Gasteiger partial charge in [-0.05, 0) is 24.1 Å². The van der Waals surface area contributed by atoms with Crippen molar-refractivity contribution in [1.29, 1.82) is 0 Å². The number of carboxylic acid groups (broad SMARTS) is 1. The van der Waals surface area contributed by atoms with Gasteiger partial charge in [0.25, 0.3) is 0 Å². The standard InChI is InChI=1S/C8H9O2P/c1-11-7-4-2-6(3-5-7)8(9)10/h2-5,11H,1H3,(H,9,10). The van der Waals surface area contributed by atoms with E-state index in [1.165, 1.54) is 5.30 Å². The minimum atomic E-state index is -0.865. The lowest BCUT2D eigenvalue weighted by Crippen LogP contribution is -1.99. The Morgan fingerprint density at radius 2 is 1.91 bits per heavy atom. The summed E-state index contributed by atoms with van der Waals surface area (Å²) in [6, 6.07) is 6.96. The van der Waals surface area contributed by atoms with Crippen molar-refractivity contribution in [3.63, 3.8) is 0 Å². The van der Waals surface area contributed by atoms with Gasteiger partial charge in [-0.25, -0.2) is 4.79 Å². The van der Waals surface area contributed by atoms with E-state index in [0.717, 1.165) is 8.58 Å². The van der Waals surface area contributed by atoms with E-state index in [1.54, 1.807) is 12.1 Å². The lowest BCUT2D eigenvalue weighted by molar-refractivity contribution is 0.0697. The van der Waals surface area contributed by atoms with Gasteiger partial charge in [0.1, 0.15) is 0 Å². The van der Waals surface area contributed by atoms with Crippen LogP contribution in [0.15, 0.2) is 24.3 Å². The van der Waals surface area contributed by atoms with Crippen molar-refractivity contribution in [2.45, 2.75) is 0 Å². The van der Waals surface area contributed by atoms with E-state index in [1.807, 2.05) is 12.1 Å². The first-order valence-corrected chi connectivity index (χ1v) is 4.75. The molecule has 1 aromatic rings. The summed E-state index contributed by atoms with van der Waals surface area (Å²) in [6.45, 7) is 2.07. The Kier molecular flexibility index (Phi) is 2.61. The summed E-state index contributed by atoms with van der Waals surface area (Å²) in [5.41, 5.74) is 0.354. The van der Waals surface area contributed by atoms with Gasteiger partial charge in [-0.2, -0.15) is 0 Å². The van der Waals surface area contributed by atoms with Gasteiger partial charge in [-0.1, -0.05) is 20.7 Å². The first-order valence-electron chi connectivity index (χ1n) is 3.25. The molecule has 0 amide bonds. The Morgan fingerprint density at radius 3 is 2.27 bits per heavy atom. The SMILES string of the molecule is CPc1ccc(C(=O)O)cc1. The van der Waals surface area contributed by atoms with Crippen LogP contribution in [0.4, 0.5) is 0 Å². The molecule has 0 saturated carbocycles. The van der Waals surface area contributed by atoms with Crippen LogP contribution in [0, 0.1) is 0 Å². The fourth-order valence-electron chi connectivity index (χ4n) is 0.779. The summed E-state index contributed by atoms with van der Waals surface area (Å²) < 4.78 is 0. The highest BCUT2D eigenvalue weighted by molar-refractivity contribution is 7.46. The molecule has 58 valence electrons. The predicted molar refractivity (Wildman–Crippen MR) is 47.3 cm³/mol.